The molecule has 2 amide bonds. The van der Waals surface area contributed by atoms with Crippen molar-refractivity contribution in [1.82, 2.24) is 10.2 Å². The van der Waals surface area contributed by atoms with E-state index in [1.165, 1.54) is 7.11 Å². The molecule has 41 heavy (non-hydrogen) atoms. The first-order chi connectivity index (χ1) is 19.7. The molecule has 1 aromatic carbocycles. The molecular weight excluding hydrogens is 528 g/mol. The Bertz CT molecular complexity index is 1210. The molecule has 3 N–H and O–H groups in total. The van der Waals surface area contributed by atoms with Crippen molar-refractivity contribution in [2.75, 3.05) is 40.0 Å². The molecule has 7 atom stereocenters. The number of aliphatic hydroxyl groups is 2. The molecule has 1 aromatic rings. The second-order valence-corrected chi connectivity index (χ2v) is 12.3. The van der Waals surface area contributed by atoms with Gasteiger partial charge in [-0.1, -0.05) is 13.8 Å². The molecule has 1 heterocycles. The van der Waals surface area contributed by atoms with E-state index in [1.54, 1.807) is 23.1 Å². The number of fused-ring (bicyclic) bond motifs is 5. The van der Waals surface area contributed by atoms with Crippen LogP contribution >= 0.6 is 0 Å². The van der Waals surface area contributed by atoms with E-state index in [0.29, 0.717) is 59.5 Å². The lowest BCUT2D eigenvalue weighted by Gasteiger charge is -2.61. The third kappa shape index (κ3) is 5.15. The van der Waals surface area contributed by atoms with Crippen molar-refractivity contribution in [2.24, 2.45) is 23.2 Å². The molecule has 0 spiro atoms. The third-order valence-corrected chi connectivity index (χ3v) is 9.95. The Kier molecular flexibility index (Phi) is 8.46. The largest absolute Gasteiger partial charge is 0.493 e. The van der Waals surface area contributed by atoms with Gasteiger partial charge in [0.1, 0.15) is 25.1 Å². The SMILES string of the molecule is CCOCC(=O)N(CC1CCC2CC1C2(C)C)C1C=C(C(=O)NCCO)C2c3cc(C=O)cc(OC)c3OC2C1O. The van der Waals surface area contributed by atoms with E-state index in [4.69, 9.17) is 14.2 Å². The van der Waals surface area contributed by atoms with Gasteiger partial charge in [-0.25, -0.2) is 0 Å². The normalized spacial score (nSPS) is 30.6. The van der Waals surface area contributed by atoms with Gasteiger partial charge < -0.3 is 34.6 Å². The van der Waals surface area contributed by atoms with E-state index in [1.807, 2.05) is 6.92 Å². The fourth-order valence-electron chi connectivity index (χ4n) is 7.65. The minimum absolute atomic E-state index is 0.0409. The van der Waals surface area contributed by atoms with Gasteiger partial charge in [-0.2, -0.15) is 0 Å². The molecule has 0 aromatic heterocycles. The van der Waals surface area contributed by atoms with Gasteiger partial charge in [0.2, 0.25) is 11.8 Å². The molecule has 0 saturated heterocycles. The van der Waals surface area contributed by atoms with Crippen molar-refractivity contribution in [2.45, 2.75) is 64.2 Å². The Labute approximate surface area is 241 Å². The number of carbonyl (C=O) groups excluding carboxylic acids is 3. The lowest BCUT2D eigenvalue weighted by Crippen LogP contribution is -2.60. The van der Waals surface area contributed by atoms with Gasteiger partial charge in [0.15, 0.2) is 11.5 Å². The van der Waals surface area contributed by atoms with Crippen molar-refractivity contribution < 1.29 is 38.8 Å². The number of aldehydes is 1. The number of nitrogens with zero attached hydrogens (tertiary/aromatic N) is 1. The maximum absolute atomic E-state index is 13.7. The highest BCUT2D eigenvalue weighted by Gasteiger charge is 2.56. The van der Waals surface area contributed by atoms with Crippen LogP contribution in [-0.2, 0) is 14.3 Å². The first-order valence-corrected chi connectivity index (χ1v) is 14.7. The highest BCUT2D eigenvalue weighted by Crippen LogP contribution is 2.61. The van der Waals surface area contributed by atoms with Crippen LogP contribution in [0.25, 0.3) is 0 Å². The van der Waals surface area contributed by atoms with Crippen LogP contribution in [-0.4, -0.2) is 91.5 Å². The highest BCUT2D eigenvalue weighted by molar-refractivity contribution is 5.96. The monoisotopic (exact) mass is 570 g/mol. The summed E-state index contributed by atoms with van der Waals surface area (Å²) >= 11 is 0. The number of rotatable bonds is 11. The summed E-state index contributed by atoms with van der Waals surface area (Å²) in [4.78, 5) is 40.6. The van der Waals surface area contributed by atoms with Crippen molar-refractivity contribution >= 4 is 18.1 Å². The van der Waals surface area contributed by atoms with Crippen LogP contribution in [0, 0.1) is 23.2 Å². The second kappa shape index (κ2) is 11.7. The number of benzene rings is 1. The van der Waals surface area contributed by atoms with Crippen molar-refractivity contribution in [1.29, 1.82) is 0 Å². The number of methoxy groups -OCH3 is 1. The summed E-state index contributed by atoms with van der Waals surface area (Å²) < 4.78 is 17.3. The lowest BCUT2D eigenvalue weighted by molar-refractivity contribution is -0.150. The van der Waals surface area contributed by atoms with Crippen molar-refractivity contribution in [3.8, 4) is 11.5 Å². The third-order valence-electron chi connectivity index (χ3n) is 9.95. The average molecular weight is 571 g/mol. The van der Waals surface area contributed by atoms with Gasteiger partial charge in [-0.15, -0.1) is 0 Å². The van der Waals surface area contributed by atoms with Gasteiger partial charge in [0, 0.05) is 36.4 Å². The van der Waals surface area contributed by atoms with Gasteiger partial charge in [-0.3, -0.25) is 14.4 Å². The Balaban J connectivity index is 1.55. The zero-order valence-corrected chi connectivity index (χ0v) is 24.3. The van der Waals surface area contributed by atoms with Gasteiger partial charge in [0.05, 0.1) is 25.7 Å². The fraction of sp³-hybridized carbons (Fsp3) is 0.645. The van der Waals surface area contributed by atoms with Gasteiger partial charge >= 0.3 is 0 Å². The van der Waals surface area contributed by atoms with Gasteiger partial charge in [0.25, 0.3) is 0 Å². The Hall–Kier alpha value is -2.95. The molecule has 3 saturated carbocycles. The molecule has 3 fully saturated rings. The van der Waals surface area contributed by atoms with Crippen LogP contribution in [0.5, 0.6) is 11.5 Å². The van der Waals surface area contributed by atoms with E-state index < -0.39 is 30.1 Å². The standard InChI is InChI=1S/C31H42N2O8/c1-5-40-16-25(36)33(14-18-6-7-19-12-22(18)31(19,2)3)23-13-21(30(38)32-8-9-34)26-20-10-17(15-35)11-24(39-4)28(20)41-29(26)27(23)37/h10-11,13,15,18-19,22-23,26-27,29,34,37H,5-9,12,14,16H2,1-4H3,(H,32,38). The molecule has 2 bridgehead atoms. The molecule has 1 aliphatic heterocycles. The number of ether oxygens (including phenoxy) is 3. The lowest BCUT2D eigenvalue weighted by atomic mass is 9.45. The number of hydrogen-bond donors (Lipinski definition) is 3. The molecule has 5 aliphatic rings. The first kappa shape index (κ1) is 29.5. The molecule has 10 nitrogen and oxygen atoms in total. The summed E-state index contributed by atoms with van der Waals surface area (Å²) in [5.74, 6) is 0.742. The molecule has 224 valence electrons. The van der Waals surface area contributed by atoms with Crippen LogP contribution in [0.1, 0.15) is 61.9 Å². The maximum atomic E-state index is 13.7. The summed E-state index contributed by atoms with van der Waals surface area (Å²) in [5, 5.41) is 23.9. The molecular formula is C31H42N2O8. The maximum Gasteiger partial charge on any atom is 0.249 e. The highest BCUT2D eigenvalue weighted by atomic mass is 16.5. The summed E-state index contributed by atoms with van der Waals surface area (Å²) in [6, 6.07) is 2.35. The summed E-state index contributed by atoms with van der Waals surface area (Å²) in [6.45, 7) is 6.92. The van der Waals surface area contributed by atoms with Crippen LogP contribution in [0.3, 0.4) is 0 Å². The number of amides is 2. The Morgan fingerprint density at radius 3 is 2.68 bits per heavy atom. The van der Waals surface area contributed by atoms with E-state index in [9.17, 15) is 24.6 Å². The average Bonchev–Trinajstić information content (AvgIpc) is 3.37. The Morgan fingerprint density at radius 2 is 2.05 bits per heavy atom. The van der Waals surface area contributed by atoms with Crippen LogP contribution in [0.4, 0.5) is 0 Å². The zero-order valence-electron chi connectivity index (χ0n) is 24.3. The van der Waals surface area contributed by atoms with Crippen molar-refractivity contribution in [3.05, 3.63) is 34.9 Å². The number of nitrogens with one attached hydrogen (secondary N) is 1. The predicted molar refractivity (Wildman–Crippen MR) is 150 cm³/mol. The summed E-state index contributed by atoms with van der Waals surface area (Å²) in [7, 11) is 1.46. The van der Waals surface area contributed by atoms with E-state index >= 15 is 0 Å². The minimum Gasteiger partial charge on any atom is -0.493 e. The molecule has 0 radical (unpaired) electrons. The van der Waals surface area contributed by atoms with E-state index in [0.717, 1.165) is 19.3 Å². The fourth-order valence-corrected chi connectivity index (χ4v) is 7.65. The summed E-state index contributed by atoms with van der Waals surface area (Å²) in [5.41, 5.74) is 1.43. The van der Waals surface area contributed by atoms with Crippen molar-refractivity contribution in [3.63, 3.8) is 0 Å². The topological polar surface area (TPSA) is 135 Å². The smallest absolute Gasteiger partial charge is 0.249 e. The van der Waals surface area contributed by atoms with Gasteiger partial charge in [-0.05, 0) is 67.6 Å². The molecule has 10 heteroatoms. The minimum atomic E-state index is -1.16. The first-order valence-electron chi connectivity index (χ1n) is 14.7. The van der Waals surface area contributed by atoms with Crippen LogP contribution in [0.2, 0.25) is 0 Å². The summed E-state index contributed by atoms with van der Waals surface area (Å²) in [6.07, 6.45) is 3.56. The quantitative estimate of drug-likeness (QED) is 0.344. The van der Waals surface area contributed by atoms with Crippen LogP contribution in [0.15, 0.2) is 23.8 Å². The molecule has 7 unspecified atom stereocenters. The predicted octanol–water partition coefficient (Wildman–Crippen LogP) is 2.07. The number of carbonyl (C=O) groups is 3. The molecule has 6 rings (SSSR count). The molecule has 4 aliphatic carbocycles. The second-order valence-electron chi connectivity index (χ2n) is 12.3. The van der Waals surface area contributed by atoms with E-state index in [-0.39, 0.29) is 37.0 Å². The number of hydrogen-bond acceptors (Lipinski definition) is 8. The zero-order chi connectivity index (χ0) is 29.5. The number of aliphatic hydroxyl groups excluding tert-OH is 2. The van der Waals surface area contributed by atoms with Crippen LogP contribution < -0.4 is 14.8 Å². The van der Waals surface area contributed by atoms with E-state index in [2.05, 4.69) is 19.2 Å². The Morgan fingerprint density at radius 1 is 1.27 bits per heavy atom.